The van der Waals surface area contributed by atoms with Gasteiger partial charge in [-0.25, -0.2) is 0 Å². The quantitative estimate of drug-likeness (QED) is 0.804. The van der Waals surface area contributed by atoms with Gasteiger partial charge in [-0.1, -0.05) is 20.8 Å². The lowest BCUT2D eigenvalue weighted by molar-refractivity contribution is 0.0816. The topological polar surface area (TPSA) is 18.5 Å². The van der Waals surface area contributed by atoms with Crippen molar-refractivity contribution < 1.29 is 0 Å². The zero-order chi connectivity index (χ0) is 13.1. The molecule has 18 heavy (non-hydrogen) atoms. The van der Waals surface area contributed by atoms with Gasteiger partial charge in [0.05, 0.1) is 0 Å². The molecule has 1 atom stereocenters. The molecule has 1 saturated carbocycles. The molecule has 0 spiro atoms. The molecule has 3 heteroatoms. The molecule has 2 fully saturated rings. The van der Waals surface area contributed by atoms with Crippen molar-refractivity contribution in [3.63, 3.8) is 0 Å². The molecule has 0 radical (unpaired) electrons. The first-order valence-electron chi connectivity index (χ1n) is 7.72. The molecule has 0 aromatic heterocycles. The normalized spacial score (nSPS) is 32.5. The minimum Gasteiger partial charge on any atom is -0.312 e. The number of hydrogen-bond donors (Lipinski definition) is 1. The zero-order valence-corrected chi connectivity index (χ0v) is 12.7. The molecule has 1 aliphatic carbocycles. The predicted molar refractivity (Wildman–Crippen MR) is 77.9 cm³/mol. The summed E-state index contributed by atoms with van der Waals surface area (Å²) in [6.45, 7) is 13.2. The zero-order valence-electron chi connectivity index (χ0n) is 12.7. The van der Waals surface area contributed by atoms with Crippen LogP contribution in [-0.2, 0) is 0 Å². The van der Waals surface area contributed by atoms with Crippen LogP contribution in [0.3, 0.4) is 0 Å². The molecule has 1 saturated heterocycles. The Morgan fingerprint density at radius 3 is 2.22 bits per heavy atom. The Balaban J connectivity index is 1.76. The van der Waals surface area contributed by atoms with Gasteiger partial charge >= 0.3 is 0 Å². The van der Waals surface area contributed by atoms with Crippen LogP contribution < -0.4 is 5.32 Å². The first-order valence-corrected chi connectivity index (χ1v) is 7.72. The third-order valence-electron chi connectivity index (χ3n) is 4.77. The van der Waals surface area contributed by atoms with Gasteiger partial charge in [0, 0.05) is 44.8 Å². The Morgan fingerprint density at radius 2 is 1.72 bits per heavy atom. The molecule has 1 heterocycles. The molecule has 2 aliphatic rings. The molecule has 1 unspecified atom stereocenters. The highest BCUT2D eigenvalue weighted by Crippen LogP contribution is 2.26. The van der Waals surface area contributed by atoms with Crippen molar-refractivity contribution in [2.24, 2.45) is 11.8 Å². The highest BCUT2D eigenvalue weighted by molar-refractivity contribution is 4.87. The van der Waals surface area contributed by atoms with E-state index in [-0.39, 0.29) is 0 Å². The van der Waals surface area contributed by atoms with Gasteiger partial charge in [-0.2, -0.15) is 0 Å². The smallest absolute Gasteiger partial charge is 0.0244 e. The highest BCUT2D eigenvalue weighted by Gasteiger charge is 2.28. The summed E-state index contributed by atoms with van der Waals surface area (Å²) in [4.78, 5) is 5.13. The van der Waals surface area contributed by atoms with Crippen LogP contribution in [0, 0.1) is 11.8 Å². The molecular weight excluding hydrogens is 222 g/mol. The third kappa shape index (κ3) is 3.69. The van der Waals surface area contributed by atoms with Gasteiger partial charge in [0.25, 0.3) is 0 Å². The predicted octanol–water partition coefficient (Wildman–Crippen LogP) is 1.65. The van der Waals surface area contributed by atoms with E-state index in [1.165, 1.54) is 45.6 Å². The van der Waals surface area contributed by atoms with E-state index in [1.54, 1.807) is 0 Å². The van der Waals surface area contributed by atoms with Crippen molar-refractivity contribution >= 4 is 0 Å². The first kappa shape index (κ1) is 14.3. The van der Waals surface area contributed by atoms with Crippen molar-refractivity contribution in [2.45, 2.75) is 45.7 Å². The Kier molecular flexibility index (Phi) is 5.05. The van der Waals surface area contributed by atoms with Crippen LogP contribution in [0.15, 0.2) is 0 Å². The number of piperazine rings is 1. The molecule has 0 amide bonds. The summed E-state index contributed by atoms with van der Waals surface area (Å²) in [6.07, 6.45) is 2.76. The van der Waals surface area contributed by atoms with E-state index in [0.717, 1.165) is 23.9 Å². The standard InChI is InChI=1S/C15H31N3/c1-12(2)15(11-16-14-9-13(3)10-14)18-7-5-17(4)6-8-18/h12-16H,5-11H2,1-4H3. The van der Waals surface area contributed by atoms with Gasteiger partial charge in [-0.05, 0) is 31.7 Å². The minimum atomic E-state index is 0.717. The van der Waals surface area contributed by atoms with E-state index in [2.05, 4.69) is 42.9 Å². The second-order valence-electron chi connectivity index (χ2n) is 6.83. The number of hydrogen-bond acceptors (Lipinski definition) is 3. The average Bonchev–Trinajstić information content (AvgIpc) is 2.28. The van der Waals surface area contributed by atoms with E-state index < -0.39 is 0 Å². The molecule has 0 aromatic carbocycles. The minimum absolute atomic E-state index is 0.717. The molecule has 106 valence electrons. The molecule has 0 aromatic rings. The van der Waals surface area contributed by atoms with Crippen molar-refractivity contribution in [1.29, 1.82) is 0 Å². The lowest BCUT2D eigenvalue weighted by Gasteiger charge is -2.42. The molecule has 3 nitrogen and oxygen atoms in total. The largest absolute Gasteiger partial charge is 0.312 e. The van der Waals surface area contributed by atoms with Gasteiger partial charge in [-0.3, -0.25) is 4.90 Å². The highest BCUT2D eigenvalue weighted by atomic mass is 15.3. The van der Waals surface area contributed by atoms with E-state index >= 15 is 0 Å². The molecule has 1 aliphatic heterocycles. The SMILES string of the molecule is CC1CC(NCC(C(C)C)N2CCN(C)CC2)C1. The van der Waals surface area contributed by atoms with Gasteiger partial charge in [0.2, 0.25) is 0 Å². The second kappa shape index (κ2) is 6.36. The Labute approximate surface area is 113 Å². The second-order valence-corrected chi connectivity index (χ2v) is 6.83. The number of nitrogens with zero attached hydrogens (tertiary/aromatic N) is 2. The van der Waals surface area contributed by atoms with Crippen molar-refractivity contribution in [2.75, 3.05) is 39.8 Å². The lowest BCUT2D eigenvalue weighted by atomic mass is 9.81. The van der Waals surface area contributed by atoms with E-state index in [1.807, 2.05) is 0 Å². The van der Waals surface area contributed by atoms with E-state index in [9.17, 15) is 0 Å². The van der Waals surface area contributed by atoms with Gasteiger partial charge in [-0.15, -0.1) is 0 Å². The van der Waals surface area contributed by atoms with Crippen LogP contribution in [0.1, 0.15) is 33.6 Å². The number of likely N-dealkylation sites (N-methyl/N-ethyl adjacent to an activating group) is 1. The summed E-state index contributed by atoms with van der Waals surface area (Å²) < 4.78 is 0. The van der Waals surface area contributed by atoms with Crippen LogP contribution in [0.5, 0.6) is 0 Å². The molecule has 0 bridgehead atoms. The summed E-state index contributed by atoms with van der Waals surface area (Å²) in [6, 6.07) is 1.52. The fourth-order valence-electron chi connectivity index (χ4n) is 3.30. The maximum Gasteiger partial charge on any atom is 0.0244 e. The fraction of sp³-hybridized carbons (Fsp3) is 1.00. The van der Waals surface area contributed by atoms with Crippen LogP contribution in [0.4, 0.5) is 0 Å². The van der Waals surface area contributed by atoms with E-state index in [0.29, 0.717) is 0 Å². The maximum absolute atomic E-state index is 3.78. The third-order valence-corrected chi connectivity index (χ3v) is 4.77. The van der Waals surface area contributed by atoms with Crippen molar-refractivity contribution in [3.8, 4) is 0 Å². The lowest BCUT2D eigenvalue weighted by Crippen LogP contribution is -2.55. The Hall–Kier alpha value is -0.120. The molecule has 1 N–H and O–H groups in total. The molecular formula is C15H31N3. The van der Waals surface area contributed by atoms with E-state index in [4.69, 9.17) is 0 Å². The Bertz CT molecular complexity index is 240. The summed E-state index contributed by atoms with van der Waals surface area (Å²) in [7, 11) is 2.23. The van der Waals surface area contributed by atoms with Crippen LogP contribution in [0.2, 0.25) is 0 Å². The summed E-state index contributed by atoms with van der Waals surface area (Å²) >= 11 is 0. The maximum atomic E-state index is 3.78. The van der Waals surface area contributed by atoms with Crippen LogP contribution in [0.25, 0.3) is 0 Å². The van der Waals surface area contributed by atoms with Crippen molar-refractivity contribution in [3.05, 3.63) is 0 Å². The first-order chi connectivity index (χ1) is 8.56. The average molecular weight is 253 g/mol. The fourth-order valence-corrected chi connectivity index (χ4v) is 3.30. The van der Waals surface area contributed by atoms with Gasteiger partial charge < -0.3 is 10.2 Å². The summed E-state index contributed by atoms with van der Waals surface area (Å²) in [5, 5.41) is 3.78. The van der Waals surface area contributed by atoms with Crippen LogP contribution in [-0.4, -0.2) is 61.7 Å². The van der Waals surface area contributed by atoms with Crippen LogP contribution >= 0.6 is 0 Å². The van der Waals surface area contributed by atoms with Gasteiger partial charge in [0.1, 0.15) is 0 Å². The number of rotatable bonds is 5. The monoisotopic (exact) mass is 253 g/mol. The Morgan fingerprint density at radius 1 is 1.11 bits per heavy atom. The van der Waals surface area contributed by atoms with Crippen molar-refractivity contribution in [1.82, 2.24) is 15.1 Å². The summed E-state index contributed by atoms with van der Waals surface area (Å²) in [5.41, 5.74) is 0. The summed E-state index contributed by atoms with van der Waals surface area (Å²) in [5.74, 6) is 1.70. The van der Waals surface area contributed by atoms with Gasteiger partial charge in [0.15, 0.2) is 0 Å². The number of nitrogens with one attached hydrogen (secondary N) is 1. The molecule has 2 rings (SSSR count).